The standard InChI is InChI=1S/C16H19N3O5/c1-10(16(22)19(3)7-8-23-11(2)20)24-13-6-4-5-12-14(13)15(21)18-9-17-12/h4-6,9-10H,7-8H2,1-3H3,(H,17,18,21)/t10-/m1/s1. The Kier molecular flexibility index (Phi) is 5.51. The highest BCUT2D eigenvalue weighted by atomic mass is 16.5. The zero-order valence-corrected chi connectivity index (χ0v) is 13.7. The highest BCUT2D eigenvalue weighted by Gasteiger charge is 2.20. The molecule has 0 saturated carbocycles. The van der Waals surface area contributed by atoms with Crippen LogP contribution < -0.4 is 10.3 Å². The largest absolute Gasteiger partial charge is 0.480 e. The SMILES string of the molecule is CC(=O)OCCN(C)C(=O)[C@@H](C)Oc1cccc2nc[nH]c(=O)c12. The normalized spacial score (nSPS) is 11.8. The van der Waals surface area contributed by atoms with Gasteiger partial charge in [-0.15, -0.1) is 0 Å². The number of hydrogen-bond acceptors (Lipinski definition) is 6. The van der Waals surface area contributed by atoms with Crippen LogP contribution in [0.25, 0.3) is 10.9 Å². The van der Waals surface area contributed by atoms with Gasteiger partial charge in [-0.05, 0) is 19.1 Å². The molecule has 0 aliphatic carbocycles. The van der Waals surface area contributed by atoms with Gasteiger partial charge >= 0.3 is 5.97 Å². The summed E-state index contributed by atoms with van der Waals surface area (Å²) >= 11 is 0. The summed E-state index contributed by atoms with van der Waals surface area (Å²) in [5, 5.41) is 0.294. The maximum atomic E-state index is 12.3. The summed E-state index contributed by atoms with van der Waals surface area (Å²) in [6.07, 6.45) is 0.503. The van der Waals surface area contributed by atoms with E-state index >= 15 is 0 Å². The van der Waals surface area contributed by atoms with Crippen LogP contribution in [0.5, 0.6) is 5.75 Å². The lowest BCUT2D eigenvalue weighted by Crippen LogP contribution is -2.39. The first kappa shape index (κ1) is 17.5. The first-order chi connectivity index (χ1) is 11.4. The Hall–Kier alpha value is -2.90. The lowest BCUT2D eigenvalue weighted by Gasteiger charge is -2.22. The highest BCUT2D eigenvalue weighted by Crippen LogP contribution is 2.21. The van der Waals surface area contributed by atoms with E-state index < -0.39 is 12.1 Å². The van der Waals surface area contributed by atoms with Crippen LogP contribution in [0.1, 0.15) is 13.8 Å². The average molecular weight is 333 g/mol. The number of benzene rings is 1. The fraction of sp³-hybridized carbons (Fsp3) is 0.375. The van der Waals surface area contributed by atoms with Crippen molar-refractivity contribution >= 4 is 22.8 Å². The van der Waals surface area contributed by atoms with E-state index in [0.29, 0.717) is 10.9 Å². The number of esters is 1. The molecule has 128 valence electrons. The van der Waals surface area contributed by atoms with Gasteiger partial charge in [0.1, 0.15) is 17.7 Å². The van der Waals surface area contributed by atoms with Crippen LogP contribution in [-0.2, 0) is 14.3 Å². The number of likely N-dealkylation sites (N-methyl/N-ethyl adjacent to an activating group) is 1. The maximum absolute atomic E-state index is 12.3. The number of nitrogens with one attached hydrogen (secondary N) is 1. The van der Waals surface area contributed by atoms with Crippen LogP contribution >= 0.6 is 0 Å². The summed E-state index contributed by atoms with van der Waals surface area (Å²) in [7, 11) is 1.59. The Bertz CT molecular complexity index is 796. The van der Waals surface area contributed by atoms with Gasteiger partial charge in [-0.3, -0.25) is 14.4 Å². The van der Waals surface area contributed by atoms with Crippen molar-refractivity contribution in [3.63, 3.8) is 0 Å². The number of amides is 1. The number of carbonyl (C=O) groups excluding carboxylic acids is 2. The third kappa shape index (κ3) is 4.09. The van der Waals surface area contributed by atoms with Gasteiger partial charge in [0.15, 0.2) is 6.10 Å². The van der Waals surface area contributed by atoms with Gasteiger partial charge in [-0.25, -0.2) is 4.98 Å². The van der Waals surface area contributed by atoms with Crippen molar-refractivity contribution in [1.29, 1.82) is 0 Å². The minimum Gasteiger partial charge on any atom is -0.480 e. The second kappa shape index (κ2) is 7.58. The summed E-state index contributed by atoms with van der Waals surface area (Å²) in [4.78, 5) is 43.0. The van der Waals surface area contributed by atoms with Gasteiger partial charge in [0.25, 0.3) is 11.5 Å². The molecule has 1 atom stereocenters. The Labute approximate surface area is 138 Å². The number of nitrogens with zero attached hydrogens (tertiary/aromatic N) is 2. The third-order valence-corrected chi connectivity index (χ3v) is 3.39. The van der Waals surface area contributed by atoms with E-state index in [1.54, 1.807) is 32.2 Å². The lowest BCUT2D eigenvalue weighted by atomic mass is 10.2. The van der Waals surface area contributed by atoms with Gasteiger partial charge in [0.2, 0.25) is 0 Å². The minimum absolute atomic E-state index is 0.113. The molecule has 8 heteroatoms. The Morgan fingerprint density at radius 2 is 2.12 bits per heavy atom. The Balaban J connectivity index is 2.09. The maximum Gasteiger partial charge on any atom is 0.302 e. The van der Waals surface area contributed by atoms with Crippen LogP contribution in [0, 0.1) is 0 Å². The van der Waals surface area contributed by atoms with Crippen molar-refractivity contribution in [2.24, 2.45) is 0 Å². The predicted molar refractivity (Wildman–Crippen MR) is 86.7 cm³/mol. The summed E-state index contributed by atoms with van der Waals surface area (Å²) < 4.78 is 10.5. The van der Waals surface area contributed by atoms with Gasteiger partial charge in [0.05, 0.1) is 18.4 Å². The van der Waals surface area contributed by atoms with Crippen LogP contribution in [0.3, 0.4) is 0 Å². The van der Waals surface area contributed by atoms with E-state index in [4.69, 9.17) is 9.47 Å². The van der Waals surface area contributed by atoms with Crippen molar-refractivity contribution in [3.05, 3.63) is 34.9 Å². The van der Waals surface area contributed by atoms with Crippen molar-refractivity contribution in [1.82, 2.24) is 14.9 Å². The number of aromatic nitrogens is 2. The quantitative estimate of drug-likeness (QED) is 0.781. The van der Waals surface area contributed by atoms with E-state index in [1.807, 2.05) is 0 Å². The molecule has 1 aromatic carbocycles. The summed E-state index contributed by atoms with van der Waals surface area (Å²) in [5.74, 6) is -0.404. The van der Waals surface area contributed by atoms with Crippen molar-refractivity contribution in [2.75, 3.05) is 20.2 Å². The third-order valence-electron chi connectivity index (χ3n) is 3.39. The summed E-state index contributed by atoms with van der Waals surface area (Å²) in [5.41, 5.74) is 0.151. The summed E-state index contributed by atoms with van der Waals surface area (Å²) in [6, 6.07) is 5.00. The molecule has 0 spiro atoms. The van der Waals surface area contributed by atoms with Crippen LogP contribution in [0.2, 0.25) is 0 Å². The topological polar surface area (TPSA) is 102 Å². The second-order valence-electron chi connectivity index (χ2n) is 5.24. The average Bonchev–Trinajstić information content (AvgIpc) is 2.54. The van der Waals surface area contributed by atoms with Gasteiger partial charge in [-0.2, -0.15) is 0 Å². The number of rotatable bonds is 6. The first-order valence-corrected chi connectivity index (χ1v) is 7.41. The van der Waals surface area contributed by atoms with Crippen LogP contribution in [-0.4, -0.2) is 53.0 Å². The van der Waals surface area contributed by atoms with E-state index in [2.05, 4.69) is 9.97 Å². The van der Waals surface area contributed by atoms with Gasteiger partial charge in [0, 0.05) is 14.0 Å². The second-order valence-corrected chi connectivity index (χ2v) is 5.24. The zero-order chi connectivity index (χ0) is 17.7. The van der Waals surface area contributed by atoms with Gasteiger partial charge < -0.3 is 19.4 Å². The molecule has 2 rings (SSSR count). The molecule has 1 aromatic heterocycles. The van der Waals surface area contributed by atoms with Crippen molar-refractivity contribution < 1.29 is 19.1 Å². The Morgan fingerprint density at radius 3 is 2.83 bits per heavy atom. The molecule has 1 heterocycles. The van der Waals surface area contributed by atoms with E-state index in [1.165, 1.54) is 18.2 Å². The molecule has 2 aromatic rings. The monoisotopic (exact) mass is 333 g/mol. The Morgan fingerprint density at radius 1 is 1.38 bits per heavy atom. The molecular formula is C16H19N3O5. The molecule has 0 aliphatic rings. The number of hydrogen-bond donors (Lipinski definition) is 1. The van der Waals surface area contributed by atoms with E-state index in [9.17, 15) is 14.4 Å². The predicted octanol–water partition coefficient (Wildman–Crippen LogP) is 0.712. The fourth-order valence-corrected chi connectivity index (χ4v) is 2.17. The molecule has 0 bridgehead atoms. The summed E-state index contributed by atoms with van der Waals surface area (Å²) in [6.45, 7) is 3.26. The minimum atomic E-state index is -0.808. The number of carbonyl (C=O) groups is 2. The molecular weight excluding hydrogens is 314 g/mol. The number of ether oxygens (including phenoxy) is 2. The first-order valence-electron chi connectivity index (χ1n) is 7.41. The van der Waals surface area contributed by atoms with Crippen molar-refractivity contribution in [3.8, 4) is 5.75 Å². The molecule has 24 heavy (non-hydrogen) atoms. The van der Waals surface area contributed by atoms with Gasteiger partial charge in [-0.1, -0.05) is 6.07 Å². The number of fused-ring (bicyclic) bond motifs is 1. The van der Waals surface area contributed by atoms with E-state index in [-0.39, 0.29) is 30.4 Å². The molecule has 8 nitrogen and oxygen atoms in total. The molecule has 1 N–H and O–H groups in total. The fourth-order valence-electron chi connectivity index (χ4n) is 2.17. The molecule has 0 unspecified atom stereocenters. The van der Waals surface area contributed by atoms with Crippen LogP contribution in [0.4, 0.5) is 0 Å². The highest BCUT2D eigenvalue weighted by molar-refractivity contribution is 5.85. The van der Waals surface area contributed by atoms with Crippen LogP contribution in [0.15, 0.2) is 29.3 Å². The molecule has 0 radical (unpaired) electrons. The number of aromatic amines is 1. The van der Waals surface area contributed by atoms with Crippen molar-refractivity contribution in [2.45, 2.75) is 20.0 Å². The molecule has 0 saturated heterocycles. The van der Waals surface area contributed by atoms with E-state index in [0.717, 1.165) is 0 Å². The molecule has 0 fully saturated rings. The molecule has 0 aliphatic heterocycles. The lowest BCUT2D eigenvalue weighted by molar-refractivity contribution is -0.144. The zero-order valence-electron chi connectivity index (χ0n) is 13.7. The smallest absolute Gasteiger partial charge is 0.302 e. The number of H-pyrrole nitrogens is 1. The molecule has 1 amide bonds.